The van der Waals surface area contributed by atoms with Crippen LogP contribution in [-0.2, 0) is 0 Å². The van der Waals surface area contributed by atoms with Gasteiger partial charge in [0.15, 0.2) is 0 Å². The predicted molar refractivity (Wildman–Crippen MR) is 38.4 cm³/mol. The van der Waals surface area contributed by atoms with E-state index in [0.29, 0.717) is 5.89 Å². The van der Waals surface area contributed by atoms with Gasteiger partial charge in [-0.25, -0.2) is 0 Å². The van der Waals surface area contributed by atoms with Crippen LogP contribution in [0.25, 0.3) is 0 Å². The Kier molecular flexibility index (Phi) is 1.54. The zero-order chi connectivity index (χ0) is 8.55. The summed E-state index contributed by atoms with van der Waals surface area (Å²) in [7, 11) is 0. The fraction of sp³-hybridized carbons (Fsp3) is 0.500. The molecule has 1 aromatic rings. The maximum absolute atomic E-state index is 10.6. The molecule has 1 saturated heterocycles. The highest BCUT2D eigenvalue weighted by Gasteiger charge is 2.25. The van der Waals surface area contributed by atoms with Gasteiger partial charge in [0.05, 0.1) is 5.92 Å². The molecule has 0 radical (unpaired) electrons. The van der Waals surface area contributed by atoms with E-state index in [0.717, 1.165) is 13.1 Å². The fourth-order valence-electron chi connectivity index (χ4n) is 0.964. The van der Waals surface area contributed by atoms with E-state index in [9.17, 15) is 4.79 Å². The van der Waals surface area contributed by atoms with Gasteiger partial charge >= 0.3 is 0 Å². The molecule has 0 unspecified atom stereocenters. The van der Waals surface area contributed by atoms with Gasteiger partial charge in [0.2, 0.25) is 5.89 Å². The van der Waals surface area contributed by atoms with E-state index in [-0.39, 0.29) is 11.7 Å². The highest BCUT2D eigenvalue weighted by atomic mass is 16.5. The van der Waals surface area contributed by atoms with Crippen LogP contribution in [0.2, 0.25) is 0 Å². The highest BCUT2D eigenvalue weighted by molar-refractivity contribution is 5.88. The maximum Gasteiger partial charge on any atom is 0.290 e. The van der Waals surface area contributed by atoms with Gasteiger partial charge in [0.1, 0.15) is 0 Å². The van der Waals surface area contributed by atoms with Crippen molar-refractivity contribution >= 4 is 5.91 Å². The van der Waals surface area contributed by atoms with Crippen LogP contribution in [0.1, 0.15) is 22.4 Å². The van der Waals surface area contributed by atoms with Crippen LogP contribution in [-0.4, -0.2) is 29.1 Å². The molecule has 0 atom stereocenters. The quantitative estimate of drug-likeness (QED) is 0.581. The van der Waals surface area contributed by atoms with E-state index in [1.165, 1.54) is 0 Å². The number of carbonyl (C=O) groups is 1. The Hall–Kier alpha value is -1.43. The Morgan fingerprint density at radius 2 is 2.42 bits per heavy atom. The molecule has 1 aliphatic rings. The van der Waals surface area contributed by atoms with Gasteiger partial charge in [0.25, 0.3) is 11.7 Å². The number of nitrogens with zero attached hydrogens (tertiary/aromatic N) is 2. The number of nitrogens with two attached hydrogens (primary N) is 1. The summed E-state index contributed by atoms with van der Waals surface area (Å²) >= 11 is 0. The number of nitrogens with one attached hydrogen (secondary N) is 1. The zero-order valence-electron chi connectivity index (χ0n) is 6.28. The molecular formula is C6H8N4O2. The first kappa shape index (κ1) is 7.23. The van der Waals surface area contributed by atoms with Crippen LogP contribution in [0.3, 0.4) is 0 Å². The molecule has 1 aromatic heterocycles. The zero-order valence-corrected chi connectivity index (χ0v) is 6.28. The molecular weight excluding hydrogens is 160 g/mol. The average molecular weight is 168 g/mol. The topological polar surface area (TPSA) is 94.0 Å². The second-order valence-corrected chi connectivity index (χ2v) is 2.68. The van der Waals surface area contributed by atoms with Crippen molar-refractivity contribution in [1.29, 1.82) is 0 Å². The second kappa shape index (κ2) is 2.56. The first-order chi connectivity index (χ1) is 5.77. The van der Waals surface area contributed by atoms with Gasteiger partial charge in [-0.3, -0.25) is 4.79 Å². The fourth-order valence-corrected chi connectivity index (χ4v) is 0.964. The van der Waals surface area contributed by atoms with Gasteiger partial charge in [0, 0.05) is 13.1 Å². The number of carbonyl (C=O) groups excluding carboxylic acids is 1. The number of amides is 1. The molecule has 64 valence electrons. The first-order valence-electron chi connectivity index (χ1n) is 3.61. The molecule has 6 nitrogen and oxygen atoms in total. The average Bonchev–Trinajstić information content (AvgIpc) is 2.32. The summed E-state index contributed by atoms with van der Waals surface area (Å²) < 4.78 is 4.83. The Morgan fingerprint density at radius 1 is 1.67 bits per heavy atom. The number of aromatic nitrogens is 2. The van der Waals surface area contributed by atoms with Gasteiger partial charge in [-0.2, -0.15) is 4.98 Å². The Balaban J connectivity index is 2.17. The van der Waals surface area contributed by atoms with Crippen molar-refractivity contribution in [2.75, 3.05) is 13.1 Å². The van der Waals surface area contributed by atoms with E-state index in [2.05, 4.69) is 15.5 Å². The summed E-state index contributed by atoms with van der Waals surface area (Å²) in [6.07, 6.45) is 0. The molecule has 0 aromatic carbocycles. The van der Waals surface area contributed by atoms with Crippen LogP contribution in [0.15, 0.2) is 4.52 Å². The number of hydrogen-bond donors (Lipinski definition) is 2. The van der Waals surface area contributed by atoms with E-state index in [1.54, 1.807) is 0 Å². The van der Waals surface area contributed by atoms with Crippen molar-refractivity contribution in [3.8, 4) is 0 Å². The lowest BCUT2D eigenvalue weighted by molar-refractivity contribution is 0.0987. The predicted octanol–water partition coefficient (Wildman–Crippen LogP) is -1.14. The van der Waals surface area contributed by atoms with Crippen molar-refractivity contribution in [2.45, 2.75) is 5.92 Å². The van der Waals surface area contributed by atoms with Crippen molar-refractivity contribution in [1.82, 2.24) is 15.5 Å². The summed E-state index contributed by atoms with van der Waals surface area (Å²) in [6.45, 7) is 1.64. The van der Waals surface area contributed by atoms with E-state index < -0.39 is 5.91 Å². The van der Waals surface area contributed by atoms with Gasteiger partial charge < -0.3 is 15.6 Å². The van der Waals surface area contributed by atoms with Crippen molar-refractivity contribution < 1.29 is 9.32 Å². The smallest absolute Gasteiger partial charge is 0.290 e. The minimum atomic E-state index is -0.655. The summed E-state index contributed by atoms with van der Waals surface area (Å²) in [6, 6.07) is 0. The lowest BCUT2D eigenvalue weighted by atomic mass is 10.0. The summed E-state index contributed by atoms with van der Waals surface area (Å²) in [5.41, 5.74) is 4.95. The third-order valence-electron chi connectivity index (χ3n) is 1.79. The van der Waals surface area contributed by atoms with E-state index >= 15 is 0 Å². The van der Waals surface area contributed by atoms with E-state index in [1.807, 2.05) is 0 Å². The normalized spacial score (nSPS) is 17.3. The van der Waals surface area contributed by atoms with Gasteiger partial charge in [-0.15, -0.1) is 0 Å². The van der Waals surface area contributed by atoms with Crippen LogP contribution in [0.5, 0.6) is 0 Å². The van der Waals surface area contributed by atoms with Crippen molar-refractivity contribution in [2.24, 2.45) is 5.73 Å². The van der Waals surface area contributed by atoms with Crippen molar-refractivity contribution in [3.05, 3.63) is 11.7 Å². The van der Waals surface area contributed by atoms with Crippen LogP contribution in [0.4, 0.5) is 0 Å². The third-order valence-corrected chi connectivity index (χ3v) is 1.79. The first-order valence-corrected chi connectivity index (χ1v) is 3.61. The molecule has 1 fully saturated rings. The molecule has 2 heterocycles. The molecule has 0 aliphatic carbocycles. The van der Waals surface area contributed by atoms with Crippen molar-refractivity contribution in [3.63, 3.8) is 0 Å². The molecule has 0 bridgehead atoms. The molecule has 1 aliphatic heterocycles. The minimum absolute atomic E-state index is 0.0445. The van der Waals surface area contributed by atoms with Crippen LogP contribution < -0.4 is 11.1 Å². The SMILES string of the molecule is NC(=O)c1noc(C2CNC2)n1. The Bertz CT molecular complexity index is 304. The monoisotopic (exact) mass is 168 g/mol. The maximum atomic E-state index is 10.6. The second-order valence-electron chi connectivity index (χ2n) is 2.68. The number of rotatable bonds is 2. The molecule has 12 heavy (non-hydrogen) atoms. The highest BCUT2D eigenvalue weighted by Crippen LogP contribution is 2.16. The lowest BCUT2D eigenvalue weighted by Crippen LogP contribution is -2.40. The molecule has 0 saturated carbocycles. The van der Waals surface area contributed by atoms with Crippen LogP contribution >= 0.6 is 0 Å². The summed E-state index contributed by atoms with van der Waals surface area (Å²) in [5, 5.41) is 6.48. The van der Waals surface area contributed by atoms with Gasteiger partial charge in [-0.05, 0) is 0 Å². The molecule has 3 N–H and O–H groups in total. The number of hydrogen-bond acceptors (Lipinski definition) is 5. The van der Waals surface area contributed by atoms with E-state index in [4.69, 9.17) is 10.3 Å². The largest absolute Gasteiger partial charge is 0.363 e. The summed E-state index contributed by atoms with van der Waals surface area (Å²) in [5.74, 6) is 0.0299. The minimum Gasteiger partial charge on any atom is -0.363 e. The molecule has 2 rings (SSSR count). The molecule has 6 heteroatoms. The molecule has 0 spiro atoms. The number of primary amides is 1. The standard InChI is InChI=1S/C6H8N4O2/c7-4(11)5-9-6(12-10-5)3-1-8-2-3/h3,8H,1-2H2,(H2,7,11). The molecule has 1 amide bonds. The van der Waals surface area contributed by atoms with Gasteiger partial charge in [-0.1, -0.05) is 5.16 Å². The van der Waals surface area contributed by atoms with Crippen LogP contribution in [0, 0.1) is 0 Å². The lowest BCUT2D eigenvalue weighted by Gasteiger charge is -2.22. The Morgan fingerprint density at radius 3 is 2.83 bits per heavy atom. The summed E-state index contributed by atoms with van der Waals surface area (Å²) in [4.78, 5) is 14.4. The Labute approximate surface area is 68.1 Å². The third kappa shape index (κ3) is 1.06.